The van der Waals surface area contributed by atoms with Gasteiger partial charge in [-0.25, -0.2) is 4.98 Å². The molecule has 3 rings (SSSR count). The van der Waals surface area contributed by atoms with E-state index in [9.17, 15) is 5.11 Å². The topological polar surface area (TPSA) is 36.4 Å². The lowest BCUT2D eigenvalue weighted by Crippen LogP contribution is -2.31. The maximum atomic E-state index is 9.31. The lowest BCUT2D eigenvalue weighted by Gasteiger charge is -2.21. The molecule has 18 heavy (non-hydrogen) atoms. The molecule has 3 nitrogen and oxygen atoms in total. The minimum atomic E-state index is 0.265. The Labute approximate surface area is 115 Å². The molecule has 0 aliphatic carbocycles. The fourth-order valence-corrected chi connectivity index (χ4v) is 3.94. The summed E-state index contributed by atoms with van der Waals surface area (Å²) in [5, 5.41) is 16.8. The second-order valence-electron chi connectivity index (χ2n) is 4.61. The molecule has 0 amide bonds. The third kappa shape index (κ3) is 2.49. The first-order chi connectivity index (χ1) is 8.86. The highest BCUT2D eigenvalue weighted by Crippen LogP contribution is 2.27. The number of nitrogens with zero attached hydrogens (tertiary/aromatic N) is 2. The van der Waals surface area contributed by atoms with Crippen LogP contribution in [-0.4, -0.2) is 34.2 Å². The summed E-state index contributed by atoms with van der Waals surface area (Å²) < 4.78 is 0. The van der Waals surface area contributed by atoms with Gasteiger partial charge in [-0.2, -0.15) is 11.3 Å². The number of hydrogen-bond acceptors (Lipinski definition) is 5. The Kier molecular flexibility index (Phi) is 3.75. The van der Waals surface area contributed by atoms with Gasteiger partial charge in [0.25, 0.3) is 0 Å². The van der Waals surface area contributed by atoms with E-state index in [2.05, 4.69) is 32.1 Å². The van der Waals surface area contributed by atoms with Gasteiger partial charge in [-0.3, -0.25) is 4.90 Å². The molecule has 0 spiro atoms. The molecule has 1 atom stereocenters. The zero-order chi connectivity index (χ0) is 12.4. The third-order valence-corrected chi connectivity index (χ3v) is 5.02. The minimum Gasteiger partial charge on any atom is -0.395 e. The molecular formula is C13H16N2OS2. The van der Waals surface area contributed by atoms with E-state index in [1.165, 1.54) is 12.0 Å². The van der Waals surface area contributed by atoms with E-state index in [1.807, 2.05) is 0 Å². The predicted octanol–water partition coefficient (Wildman–Crippen LogP) is 2.83. The molecule has 96 valence electrons. The number of likely N-dealkylation sites (tertiary alicyclic amines) is 1. The van der Waals surface area contributed by atoms with Crippen molar-refractivity contribution in [1.29, 1.82) is 0 Å². The van der Waals surface area contributed by atoms with Gasteiger partial charge in [-0.1, -0.05) is 0 Å². The zero-order valence-electron chi connectivity index (χ0n) is 10.1. The highest BCUT2D eigenvalue weighted by atomic mass is 32.1. The van der Waals surface area contributed by atoms with Gasteiger partial charge in [0, 0.05) is 28.9 Å². The minimum absolute atomic E-state index is 0.265. The van der Waals surface area contributed by atoms with Crippen LogP contribution in [0.2, 0.25) is 0 Å². The van der Waals surface area contributed by atoms with Crippen LogP contribution in [-0.2, 0) is 6.54 Å². The van der Waals surface area contributed by atoms with Crippen molar-refractivity contribution in [2.24, 2.45) is 0 Å². The van der Waals surface area contributed by atoms with Gasteiger partial charge >= 0.3 is 0 Å². The number of rotatable bonds is 4. The van der Waals surface area contributed by atoms with Crippen LogP contribution in [0.4, 0.5) is 0 Å². The fraction of sp³-hybridized carbons (Fsp3) is 0.462. The van der Waals surface area contributed by atoms with Gasteiger partial charge in [0.2, 0.25) is 0 Å². The summed E-state index contributed by atoms with van der Waals surface area (Å²) >= 11 is 3.41. The van der Waals surface area contributed by atoms with E-state index in [1.54, 1.807) is 22.7 Å². The highest BCUT2D eigenvalue weighted by Gasteiger charge is 2.24. The molecule has 2 aromatic heterocycles. The average Bonchev–Trinajstić information content (AvgIpc) is 3.10. The van der Waals surface area contributed by atoms with Gasteiger partial charge in [-0.15, -0.1) is 11.3 Å². The Balaban J connectivity index is 1.70. The van der Waals surface area contributed by atoms with E-state index in [-0.39, 0.29) is 6.61 Å². The average molecular weight is 280 g/mol. The Bertz CT molecular complexity index is 495. The number of thiophene rings is 1. The number of hydrogen-bond donors (Lipinski definition) is 1. The van der Waals surface area contributed by atoms with Crippen LogP contribution in [0.5, 0.6) is 0 Å². The van der Waals surface area contributed by atoms with Crippen LogP contribution in [0, 0.1) is 0 Å². The van der Waals surface area contributed by atoms with E-state index >= 15 is 0 Å². The van der Waals surface area contributed by atoms with Crippen LogP contribution in [0.25, 0.3) is 10.6 Å². The van der Waals surface area contributed by atoms with Crippen molar-refractivity contribution in [1.82, 2.24) is 9.88 Å². The lowest BCUT2D eigenvalue weighted by atomic mass is 10.2. The highest BCUT2D eigenvalue weighted by molar-refractivity contribution is 7.14. The van der Waals surface area contributed by atoms with Crippen molar-refractivity contribution in [2.45, 2.75) is 25.4 Å². The normalized spacial score (nSPS) is 20.6. The molecule has 1 fully saturated rings. The molecule has 0 saturated carbocycles. The van der Waals surface area contributed by atoms with Crippen LogP contribution < -0.4 is 0 Å². The molecule has 0 radical (unpaired) electrons. The molecular weight excluding hydrogens is 264 g/mol. The van der Waals surface area contributed by atoms with Gasteiger partial charge < -0.3 is 5.11 Å². The van der Waals surface area contributed by atoms with Gasteiger partial charge in [-0.05, 0) is 30.8 Å². The molecule has 1 saturated heterocycles. The van der Waals surface area contributed by atoms with Gasteiger partial charge in [0.1, 0.15) is 5.01 Å². The summed E-state index contributed by atoms with van der Waals surface area (Å²) in [6.07, 6.45) is 2.30. The quantitative estimate of drug-likeness (QED) is 0.935. The monoisotopic (exact) mass is 280 g/mol. The third-order valence-electron chi connectivity index (χ3n) is 3.39. The SMILES string of the molecule is OC[C@@H]1CCCN1Cc1csc(-c2ccsc2)n1. The molecule has 1 N–H and O–H groups in total. The van der Waals surface area contributed by atoms with Crippen molar-refractivity contribution in [3.05, 3.63) is 27.9 Å². The summed E-state index contributed by atoms with van der Waals surface area (Å²) in [5.74, 6) is 0. The molecule has 5 heteroatoms. The molecule has 2 aromatic rings. The van der Waals surface area contributed by atoms with Gasteiger partial charge in [0.15, 0.2) is 0 Å². The number of aliphatic hydroxyl groups is 1. The van der Waals surface area contributed by atoms with Crippen LogP contribution >= 0.6 is 22.7 Å². The van der Waals surface area contributed by atoms with Crippen molar-refractivity contribution in [3.63, 3.8) is 0 Å². The maximum absolute atomic E-state index is 9.31. The summed E-state index contributed by atoms with van der Waals surface area (Å²) in [6.45, 7) is 2.21. The zero-order valence-corrected chi connectivity index (χ0v) is 11.7. The summed E-state index contributed by atoms with van der Waals surface area (Å²) in [5.41, 5.74) is 2.35. The summed E-state index contributed by atoms with van der Waals surface area (Å²) in [7, 11) is 0. The molecule has 1 aliphatic rings. The number of thiazole rings is 1. The first-order valence-corrected chi connectivity index (χ1v) is 8.01. The smallest absolute Gasteiger partial charge is 0.124 e. The van der Waals surface area contributed by atoms with Crippen LogP contribution in [0.15, 0.2) is 22.2 Å². The Morgan fingerprint density at radius 1 is 1.44 bits per heavy atom. The van der Waals surface area contributed by atoms with E-state index in [0.29, 0.717) is 6.04 Å². The number of aliphatic hydroxyl groups excluding tert-OH is 1. The van der Waals surface area contributed by atoms with E-state index < -0.39 is 0 Å². The Hall–Kier alpha value is -0.750. The molecule has 0 aromatic carbocycles. The largest absolute Gasteiger partial charge is 0.395 e. The van der Waals surface area contributed by atoms with Crippen molar-refractivity contribution < 1.29 is 5.11 Å². The molecule has 0 bridgehead atoms. The first-order valence-electron chi connectivity index (χ1n) is 6.18. The number of aromatic nitrogens is 1. The fourth-order valence-electron chi connectivity index (χ4n) is 2.42. The van der Waals surface area contributed by atoms with E-state index in [4.69, 9.17) is 0 Å². The summed E-state index contributed by atoms with van der Waals surface area (Å²) in [6, 6.07) is 2.44. The van der Waals surface area contributed by atoms with Gasteiger partial charge in [0.05, 0.1) is 12.3 Å². The maximum Gasteiger partial charge on any atom is 0.124 e. The first kappa shape index (κ1) is 12.3. The van der Waals surface area contributed by atoms with Crippen LogP contribution in [0.1, 0.15) is 18.5 Å². The lowest BCUT2D eigenvalue weighted by molar-refractivity contribution is 0.152. The second-order valence-corrected chi connectivity index (χ2v) is 6.24. The van der Waals surface area contributed by atoms with Crippen molar-refractivity contribution in [3.8, 4) is 10.6 Å². The Morgan fingerprint density at radius 3 is 3.17 bits per heavy atom. The van der Waals surface area contributed by atoms with Crippen molar-refractivity contribution in [2.75, 3.05) is 13.2 Å². The summed E-state index contributed by atoms with van der Waals surface area (Å²) in [4.78, 5) is 7.03. The Morgan fingerprint density at radius 2 is 2.39 bits per heavy atom. The van der Waals surface area contributed by atoms with E-state index in [0.717, 1.165) is 30.2 Å². The molecule has 1 aliphatic heterocycles. The van der Waals surface area contributed by atoms with Crippen molar-refractivity contribution >= 4 is 22.7 Å². The molecule has 0 unspecified atom stereocenters. The molecule has 3 heterocycles. The predicted molar refractivity (Wildman–Crippen MR) is 75.9 cm³/mol. The second kappa shape index (κ2) is 5.48. The van der Waals surface area contributed by atoms with Crippen LogP contribution in [0.3, 0.4) is 0 Å². The standard InChI is InChI=1S/C13H16N2OS2/c16-7-12-2-1-4-15(12)6-11-9-18-13(14-11)10-3-5-17-8-10/h3,5,8-9,12,16H,1-2,4,6-7H2/t12-/m0/s1.